The van der Waals surface area contributed by atoms with E-state index in [2.05, 4.69) is 15.0 Å². The third-order valence-electron chi connectivity index (χ3n) is 4.26. The van der Waals surface area contributed by atoms with Crippen molar-refractivity contribution in [1.82, 2.24) is 29.7 Å². The van der Waals surface area contributed by atoms with Crippen molar-refractivity contribution in [1.29, 1.82) is 0 Å². The summed E-state index contributed by atoms with van der Waals surface area (Å²) in [6.45, 7) is 0. The molecule has 3 amide bonds. The van der Waals surface area contributed by atoms with Crippen LogP contribution in [0.4, 0.5) is 0 Å². The van der Waals surface area contributed by atoms with Crippen LogP contribution >= 0.6 is 0 Å². The van der Waals surface area contributed by atoms with Crippen LogP contribution in [0.15, 0.2) is 55.4 Å². The summed E-state index contributed by atoms with van der Waals surface area (Å²) in [4.78, 5) is 48.7. The van der Waals surface area contributed by atoms with Gasteiger partial charge in [-0.2, -0.15) is 0 Å². The second-order valence-corrected chi connectivity index (χ2v) is 7.71. The van der Waals surface area contributed by atoms with Gasteiger partial charge in [0.15, 0.2) is 0 Å². The van der Waals surface area contributed by atoms with E-state index in [1.54, 1.807) is 42.3 Å². The zero-order valence-corrected chi connectivity index (χ0v) is 22.3. The Bertz CT molecular complexity index is 1040. The Morgan fingerprint density at radius 2 is 0.757 bits per heavy atom. The van der Waals surface area contributed by atoms with Gasteiger partial charge in [0.05, 0.1) is 0 Å². The van der Waals surface area contributed by atoms with Crippen LogP contribution in [0, 0.1) is 0 Å². The molecule has 3 rings (SSSR count). The van der Waals surface area contributed by atoms with Gasteiger partial charge in [0.25, 0.3) is 17.7 Å². The van der Waals surface area contributed by atoms with E-state index in [1.807, 2.05) is 0 Å². The minimum Gasteiger partial charge on any atom is -0.871 e. The molecular formula is C24H27FeN6O6. The molecule has 0 fully saturated rings. The smallest absolute Gasteiger partial charge is 0.871 e. The molecule has 0 spiro atoms. The van der Waals surface area contributed by atoms with Gasteiger partial charge in [-0.05, 0) is 18.2 Å². The number of hydrogen-bond acceptors (Lipinski definition) is 9. The number of amides is 3. The van der Waals surface area contributed by atoms with Crippen LogP contribution in [-0.2, 0) is 17.1 Å². The minimum absolute atomic E-state index is 0. The standard InChI is InChI=1S/3C8H10N2O2.Fe/c3*1-10(2)8(12)6-3-4-9-5-7(6)11;/h3*3-5,11H,1-2H3;/q;;;+3/p-3. The molecule has 0 bridgehead atoms. The predicted octanol–water partition coefficient (Wildman–Crippen LogP) is -0.431. The van der Waals surface area contributed by atoms with Crippen LogP contribution in [0.1, 0.15) is 31.1 Å². The van der Waals surface area contributed by atoms with E-state index in [0.717, 1.165) is 18.6 Å². The quantitative estimate of drug-likeness (QED) is 0.392. The van der Waals surface area contributed by atoms with Crippen LogP contribution < -0.4 is 15.3 Å². The summed E-state index contributed by atoms with van der Waals surface area (Å²) >= 11 is 0. The summed E-state index contributed by atoms with van der Waals surface area (Å²) in [5, 5.41) is 33.2. The first-order valence-electron chi connectivity index (χ1n) is 10.4. The van der Waals surface area contributed by atoms with Crippen molar-refractivity contribution in [3.63, 3.8) is 0 Å². The zero-order chi connectivity index (χ0) is 27.4. The van der Waals surface area contributed by atoms with E-state index in [-0.39, 0.29) is 68.7 Å². The molecular weight excluding hydrogens is 524 g/mol. The Morgan fingerprint density at radius 3 is 0.919 bits per heavy atom. The fraction of sp³-hybridized carbons (Fsp3) is 0.250. The van der Waals surface area contributed by atoms with Gasteiger partial charge in [-0.25, -0.2) is 0 Å². The van der Waals surface area contributed by atoms with Gasteiger partial charge in [-0.1, -0.05) is 17.2 Å². The summed E-state index contributed by atoms with van der Waals surface area (Å²) in [6, 6.07) is 4.26. The normalized spacial score (nSPS) is 9.24. The molecule has 0 atom stereocenters. The molecule has 0 N–H and O–H groups in total. The summed E-state index contributed by atoms with van der Waals surface area (Å²) in [5.41, 5.74) is 0.486. The molecule has 3 aromatic heterocycles. The molecule has 0 saturated heterocycles. The van der Waals surface area contributed by atoms with Gasteiger partial charge >= 0.3 is 17.1 Å². The van der Waals surface area contributed by atoms with Crippen molar-refractivity contribution >= 4 is 17.7 Å². The predicted molar refractivity (Wildman–Crippen MR) is 125 cm³/mol. The monoisotopic (exact) mass is 551 g/mol. The van der Waals surface area contributed by atoms with E-state index < -0.39 is 0 Å². The van der Waals surface area contributed by atoms with Gasteiger partial charge in [0, 0.05) is 96.2 Å². The molecule has 0 saturated carbocycles. The molecule has 0 aliphatic rings. The zero-order valence-electron chi connectivity index (χ0n) is 21.2. The second-order valence-electron chi connectivity index (χ2n) is 7.71. The van der Waals surface area contributed by atoms with Gasteiger partial charge in [0.1, 0.15) is 0 Å². The Morgan fingerprint density at radius 1 is 0.541 bits per heavy atom. The number of rotatable bonds is 3. The van der Waals surface area contributed by atoms with Crippen molar-refractivity contribution in [3.05, 3.63) is 72.1 Å². The first-order valence-corrected chi connectivity index (χ1v) is 10.4. The average molecular weight is 551 g/mol. The van der Waals surface area contributed by atoms with Crippen molar-refractivity contribution in [2.45, 2.75) is 0 Å². The SMILES string of the molecule is CN(C)C(=O)c1ccncc1[O-].CN(C)C(=O)c1ccncc1[O-].CN(C)C(=O)c1ccncc1[O-].[Fe+3]. The molecule has 0 aliphatic carbocycles. The summed E-state index contributed by atoms with van der Waals surface area (Å²) in [6.07, 6.45) is 7.69. The number of pyridine rings is 3. The van der Waals surface area contributed by atoms with E-state index in [9.17, 15) is 29.7 Å². The van der Waals surface area contributed by atoms with Crippen LogP contribution in [0.25, 0.3) is 0 Å². The average Bonchev–Trinajstić information content (AvgIpc) is 2.84. The first-order chi connectivity index (χ1) is 16.9. The molecule has 37 heavy (non-hydrogen) atoms. The maximum atomic E-state index is 11.3. The number of aromatic nitrogens is 3. The third kappa shape index (κ3) is 10.1. The van der Waals surface area contributed by atoms with Crippen molar-refractivity contribution in [2.24, 2.45) is 0 Å². The van der Waals surface area contributed by atoms with E-state index in [4.69, 9.17) is 0 Å². The first kappa shape index (κ1) is 32.8. The Hall–Kier alpha value is -4.22. The van der Waals surface area contributed by atoms with Crippen molar-refractivity contribution in [3.8, 4) is 17.2 Å². The number of nitrogens with zero attached hydrogens (tertiary/aromatic N) is 6. The largest absolute Gasteiger partial charge is 3.00 e. The van der Waals surface area contributed by atoms with E-state index >= 15 is 0 Å². The number of carbonyl (C=O) groups excluding carboxylic acids is 3. The van der Waals surface area contributed by atoms with E-state index in [0.29, 0.717) is 0 Å². The summed E-state index contributed by atoms with van der Waals surface area (Å²) in [7, 11) is 9.60. The molecule has 0 aliphatic heterocycles. The van der Waals surface area contributed by atoms with Crippen molar-refractivity contribution in [2.75, 3.05) is 42.3 Å². The molecule has 0 unspecified atom stereocenters. The maximum absolute atomic E-state index is 11.3. The van der Waals surface area contributed by atoms with Crippen LogP contribution in [0.3, 0.4) is 0 Å². The number of hydrogen-bond donors (Lipinski definition) is 0. The van der Waals surface area contributed by atoms with Crippen LogP contribution in [0.5, 0.6) is 17.2 Å². The van der Waals surface area contributed by atoms with Gasteiger partial charge in [-0.15, -0.1) is 0 Å². The van der Waals surface area contributed by atoms with Crippen LogP contribution in [-0.4, -0.2) is 89.7 Å². The van der Waals surface area contributed by atoms with Gasteiger partial charge < -0.3 is 30.0 Å². The molecule has 197 valence electrons. The van der Waals surface area contributed by atoms with Gasteiger partial charge in [0.2, 0.25) is 0 Å². The van der Waals surface area contributed by atoms with Gasteiger partial charge in [-0.3, -0.25) is 29.3 Å². The molecule has 3 heterocycles. The molecule has 12 nitrogen and oxygen atoms in total. The van der Waals surface area contributed by atoms with Crippen LogP contribution in [0.2, 0.25) is 0 Å². The summed E-state index contributed by atoms with van der Waals surface area (Å²) in [5.74, 6) is -1.88. The fourth-order valence-corrected chi connectivity index (χ4v) is 2.39. The third-order valence-corrected chi connectivity index (χ3v) is 4.26. The number of carbonyl (C=O) groups is 3. The molecule has 1 radical (unpaired) electrons. The molecule has 3 aromatic rings. The maximum Gasteiger partial charge on any atom is 3.00 e. The summed E-state index contributed by atoms with van der Waals surface area (Å²) < 4.78 is 0. The Balaban J connectivity index is 0.000000518. The topological polar surface area (TPSA) is 169 Å². The molecule has 0 aromatic carbocycles. The second kappa shape index (κ2) is 15.7. The Labute approximate surface area is 225 Å². The van der Waals surface area contributed by atoms with Crippen molar-refractivity contribution < 1.29 is 46.8 Å². The molecule has 13 heteroatoms. The minimum atomic E-state index is -0.337. The van der Waals surface area contributed by atoms with E-state index in [1.165, 1.54) is 51.5 Å². The Kier molecular flexibility index (Phi) is 13.9. The fourth-order valence-electron chi connectivity index (χ4n) is 2.39.